The van der Waals surface area contributed by atoms with Gasteiger partial charge in [-0.3, -0.25) is 4.79 Å². The third kappa shape index (κ3) is 4.29. The molecule has 5 fully saturated rings. The number of nitrogens with zero attached hydrogens (tertiary/aromatic N) is 1. The number of carbonyl (C=O) groups is 2. The number of carboxylic acid groups (broad SMARTS) is 1. The maximum atomic E-state index is 14.6. The molecule has 5 aliphatic carbocycles. The lowest BCUT2D eigenvalue weighted by Gasteiger charge is -2.72. The monoisotopic (exact) mass is 625 g/mol. The number of carbonyl (C=O) groups excluding carboxylic acids is 1. The summed E-state index contributed by atoms with van der Waals surface area (Å²) >= 11 is 0. The van der Waals surface area contributed by atoms with E-state index in [-0.39, 0.29) is 27.1 Å². The molecule has 46 heavy (non-hydrogen) atoms. The number of rotatable bonds is 4. The fourth-order valence-corrected chi connectivity index (χ4v) is 13.8. The first-order valence-electron chi connectivity index (χ1n) is 18.7. The minimum Gasteiger partial charge on any atom is -0.478 e. The van der Waals surface area contributed by atoms with Crippen molar-refractivity contribution in [3.05, 3.63) is 53.6 Å². The summed E-state index contributed by atoms with van der Waals surface area (Å²) in [6, 6.07) is 7.58. The number of likely N-dealkylation sites (tertiary alicyclic amines) is 1. The molecule has 0 spiro atoms. The predicted molar refractivity (Wildman–Crippen MR) is 186 cm³/mol. The van der Waals surface area contributed by atoms with Gasteiger partial charge in [0.25, 0.3) is 0 Å². The van der Waals surface area contributed by atoms with Crippen LogP contribution in [0.15, 0.2) is 42.5 Å². The smallest absolute Gasteiger partial charge is 0.335 e. The third-order valence-electron chi connectivity index (χ3n) is 16.2. The Hall–Kier alpha value is -2.36. The van der Waals surface area contributed by atoms with Crippen LogP contribution in [0, 0.1) is 56.7 Å². The first kappa shape index (κ1) is 32.2. The molecule has 0 aromatic heterocycles. The first-order valence-corrected chi connectivity index (χ1v) is 18.7. The van der Waals surface area contributed by atoms with Crippen LogP contribution in [0.5, 0.6) is 0 Å². The van der Waals surface area contributed by atoms with Gasteiger partial charge in [0, 0.05) is 13.1 Å². The molecule has 1 saturated heterocycles. The zero-order valence-electron chi connectivity index (χ0n) is 29.6. The van der Waals surface area contributed by atoms with Crippen LogP contribution in [0.4, 0.5) is 0 Å². The Kier molecular flexibility index (Phi) is 7.58. The van der Waals surface area contributed by atoms with Crippen molar-refractivity contribution in [3.63, 3.8) is 0 Å². The molecule has 1 heterocycles. The van der Waals surface area contributed by atoms with Crippen molar-refractivity contribution in [2.24, 2.45) is 56.7 Å². The van der Waals surface area contributed by atoms with E-state index in [2.05, 4.69) is 59.1 Å². The largest absolute Gasteiger partial charge is 0.478 e. The number of hydrogen-bond donors (Lipinski definition) is 1. The van der Waals surface area contributed by atoms with Crippen LogP contribution < -0.4 is 0 Å². The summed E-state index contributed by atoms with van der Waals surface area (Å²) in [6.45, 7) is 21.6. The molecule has 6 aliphatic rings. The number of carboxylic acids is 1. The van der Waals surface area contributed by atoms with Crippen LogP contribution in [-0.4, -0.2) is 35.0 Å². The molecule has 1 amide bonds. The van der Waals surface area contributed by atoms with Crippen molar-refractivity contribution in [1.82, 2.24) is 4.90 Å². The van der Waals surface area contributed by atoms with Gasteiger partial charge in [-0.15, -0.1) is 0 Å². The summed E-state index contributed by atoms with van der Waals surface area (Å²) in [5, 5.41) is 9.47. The SMILES string of the molecule is C=C(C)[C@@H]1CC[C@]2(C(=O)N3CCCCC3)CC[C@]3(C)[C@H](CC[C@@H]4[C@@]5(C)CC=C(c6ccc(C(=O)O)cc6)C(C)(C)[C@@H]5CC[C@]43C)[C@@H]12. The van der Waals surface area contributed by atoms with Crippen molar-refractivity contribution in [2.45, 2.75) is 119 Å². The molecular formula is C42H59NO3. The van der Waals surface area contributed by atoms with Gasteiger partial charge in [-0.1, -0.05) is 65.0 Å². The highest BCUT2D eigenvalue weighted by Crippen LogP contribution is 2.78. The summed E-state index contributed by atoms with van der Waals surface area (Å²) in [5.41, 5.74) is 4.75. The van der Waals surface area contributed by atoms with Crippen molar-refractivity contribution in [3.8, 4) is 0 Å². The van der Waals surface area contributed by atoms with E-state index in [9.17, 15) is 14.7 Å². The van der Waals surface area contributed by atoms with E-state index in [4.69, 9.17) is 0 Å². The van der Waals surface area contributed by atoms with Gasteiger partial charge in [0.2, 0.25) is 5.91 Å². The van der Waals surface area contributed by atoms with Crippen molar-refractivity contribution in [2.75, 3.05) is 13.1 Å². The highest BCUT2D eigenvalue weighted by molar-refractivity contribution is 5.88. The topological polar surface area (TPSA) is 57.6 Å². The van der Waals surface area contributed by atoms with Gasteiger partial charge in [0.15, 0.2) is 0 Å². The molecule has 0 bridgehead atoms. The van der Waals surface area contributed by atoms with Crippen LogP contribution in [0.3, 0.4) is 0 Å². The molecule has 0 unspecified atom stereocenters. The maximum absolute atomic E-state index is 14.6. The number of piperidine rings is 1. The van der Waals surface area contributed by atoms with E-state index in [1.54, 1.807) is 12.1 Å². The van der Waals surface area contributed by atoms with E-state index in [1.807, 2.05) is 12.1 Å². The molecule has 1 aliphatic heterocycles. The summed E-state index contributed by atoms with van der Waals surface area (Å²) in [4.78, 5) is 28.5. The highest BCUT2D eigenvalue weighted by Gasteiger charge is 2.71. The molecule has 7 rings (SSSR count). The van der Waals surface area contributed by atoms with E-state index in [0.717, 1.165) is 51.6 Å². The second-order valence-electron chi connectivity index (χ2n) is 18.1. The molecule has 4 saturated carbocycles. The van der Waals surface area contributed by atoms with Crippen LogP contribution in [0.1, 0.15) is 135 Å². The number of allylic oxidation sites excluding steroid dienone is 3. The van der Waals surface area contributed by atoms with Crippen molar-refractivity contribution < 1.29 is 14.7 Å². The zero-order valence-corrected chi connectivity index (χ0v) is 29.6. The summed E-state index contributed by atoms with van der Waals surface area (Å²) in [5.74, 6) is 2.36. The molecule has 9 atom stereocenters. The number of fused-ring (bicyclic) bond motifs is 7. The van der Waals surface area contributed by atoms with Gasteiger partial charge in [0.1, 0.15) is 0 Å². The molecule has 1 aromatic carbocycles. The Labute approximate surface area is 278 Å². The zero-order chi connectivity index (χ0) is 32.9. The van der Waals surface area contributed by atoms with E-state index in [0.29, 0.717) is 41.1 Å². The first-order chi connectivity index (χ1) is 21.7. The molecule has 0 radical (unpaired) electrons. The molecular weight excluding hydrogens is 566 g/mol. The Balaban J connectivity index is 1.23. The lowest BCUT2D eigenvalue weighted by molar-refractivity contribution is -0.226. The number of aromatic carboxylic acids is 1. The second-order valence-corrected chi connectivity index (χ2v) is 18.1. The minimum absolute atomic E-state index is 0.00983. The minimum atomic E-state index is -0.866. The highest BCUT2D eigenvalue weighted by atomic mass is 16.4. The number of benzene rings is 1. The summed E-state index contributed by atoms with van der Waals surface area (Å²) in [7, 11) is 0. The Morgan fingerprint density at radius 1 is 0.826 bits per heavy atom. The van der Waals surface area contributed by atoms with Crippen molar-refractivity contribution >= 4 is 17.4 Å². The van der Waals surface area contributed by atoms with E-state index >= 15 is 0 Å². The van der Waals surface area contributed by atoms with Gasteiger partial charge in [-0.25, -0.2) is 4.79 Å². The lowest BCUT2D eigenvalue weighted by atomic mass is 9.32. The van der Waals surface area contributed by atoms with Gasteiger partial charge in [0.05, 0.1) is 11.0 Å². The molecule has 4 nitrogen and oxygen atoms in total. The molecule has 1 aromatic rings. The van der Waals surface area contributed by atoms with Gasteiger partial charge in [-0.05, 0) is 158 Å². The fraction of sp³-hybridized carbons (Fsp3) is 0.714. The average Bonchev–Trinajstić information content (AvgIpc) is 3.42. The molecule has 250 valence electrons. The van der Waals surface area contributed by atoms with E-state index < -0.39 is 5.97 Å². The normalized spacial score (nSPS) is 43.0. The molecule has 4 heteroatoms. The number of amides is 1. The van der Waals surface area contributed by atoms with Gasteiger partial charge in [-0.2, -0.15) is 0 Å². The Morgan fingerprint density at radius 3 is 2.17 bits per heavy atom. The Bertz CT molecular complexity index is 1450. The maximum Gasteiger partial charge on any atom is 0.335 e. The predicted octanol–water partition coefficient (Wildman–Crippen LogP) is 10.0. The standard InChI is InChI=1S/C42H59NO3/c1-27(2)30-17-22-42(37(46)43-25-9-8-10-26-43)24-23-40(6)32(35(30)42)15-16-34-39(5)20-18-31(28-11-13-29(14-12-28)36(44)45)38(3,4)33(39)19-21-41(34,40)7/h11-14,18,30,32-35H,1,8-10,15-17,19-26H2,2-7H3,(H,44,45)/t30-,32+,33-,34+,35+,39-,40+,41+,42-/m0/s1. The van der Waals surface area contributed by atoms with Crippen LogP contribution >= 0.6 is 0 Å². The summed E-state index contributed by atoms with van der Waals surface area (Å²) < 4.78 is 0. The van der Waals surface area contributed by atoms with Crippen LogP contribution in [-0.2, 0) is 4.79 Å². The number of hydrogen-bond acceptors (Lipinski definition) is 2. The quantitative estimate of drug-likeness (QED) is 0.339. The van der Waals surface area contributed by atoms with Crippen LogP contribution in [0.25, 0.3) is 5.57 Å². The van der Waals surface area contributed by atoms with Crippen LogP contribution in [0.2, 0.25) is 0 Å². The third-order valence-corrected chi connectivity index (χ3v) is 16.2. The van der Waals surface area contributed by atoms with Crippen molar-refractivity contribution in [1.29, 1.82) is 0 Å². The lowest BCUT2D eigenvalue weighted by Crippen LogP contribution is -2.66. The van der Waals surface area contributed by atoms with Gasteiger partial charge >= 0.3 is 5.97 Å². The second kappa shape index (κ2) is 10.8. The van der Waals surface area contributed by atoms with Gasteiger partial charge < -0.3 is 10.0 Å². The summed E-state index contributed by atoms with van der Waals surface area (Å²) in [6.07, 6.45) is 16.7. The van der Waals surface area contributed by atoms with E-state index in [1.165, 1.54) is 55.2 Å². The fourth-order valence-electron chi connectivity index (χ4n) is 13.8. The average molecular weight is 626 g/mol. The Morgan fingerprint density at radius 2 is 1.52 bits per heavy atom. The molecule has 1 N–H and O–H groups in total.